The van der Waals surface area contributed by atoms with Gasteiger partial charge in [-0.1, -0.05) is 0 Å². The van der Waals surface area contributed by atoms with Crippen molar-refractivity contribution >= 4 is 22.4 Å². The number of carbonyl (C=O) groups excluding carboxylic acids is 1. The van der Waals surface area contributed by atoms with Gasteiger partial charge in [0, 0.05) is 37.3 Å². The molecule has 1 fully saturated rings. The lowest BCUT2D eigenvalue weighted by Gasteiger charge is -2.34. The molecule has 0 unspecified atom stereocenters. The maximum absolute atomic E-state index is 12.8. The summed E-state index contributed by atoms with van der Waals surface area (Å²) >= 11 is 1.54. The molecule has 0 N–H and O–H groups in total. The molecule has 3 rings (SSSR count). The molecular formula is C13H13F3N4O2S. The second-order valence-electron chi connectivity index (χ2n) is 5.06. The zero-order chi connectivity index (χ0) is 16.6. The van der Waals surface area contributed by atoms with Crippen molar-refractivity contribution in [3.63, 3.8) is 0 Å². The summed E-state index contributed by atoms with van der Waals surface area (Å²) in [6.45, 7) is 3.59. The Morgan fingerprint density at radius 3 is 2.52 bits per heavy atom. The quantitative estimate of drug-likeness (QED) is 0.836. The molecule has 6 nitrogen and oxygen atoms in total. The Morgan fingerprint density at radius 2 is 1.96 bits per heavy atom. The molecule has 0 spiro atoms. The Bertz CT molecular complexity index is 704. The zero-order valence-electron chi connectivity index (χ0n) is 12.1. The van der Waals surface area contributed by atoms with Crippen LogP contribution in [-0.4, -0.2) is 47.0 Å². The van der Waals surface area contributed by atoms with E-state index in [0.29, 0.717) is 32.6 Å². The van der Waals surface area contributed by atoms with Crippen LogP contribution >= 0.6 is 11.3 Å². The Morgan fingerprint density at radius 1 is 1.26 bits per heavy atom. The maximum Gasteiger partial charge on any atom is 0.452 e. The molecule has 0 radical (unpaired) electrons. The molecule has 3 heterocycles. The average molecular weight is 346 g/mol. The van der Waals surface area contributed by atoms with Crippen LogP contribution in [0.3, 0.4) is 0 Å². The Hall–Kier alpha value is -2.10. The summed E-state index contributed by atoms with van der Waals surface area (Å²) in [6.07, 6.45) is -2.32. The van der Waals surface area contributed by atoms with Gasteiger partial charge in [-0.05, 0) is 6.92 Å². The van der Waals surface area contributed by atoms with Crippen molar-refractivity contribution in [3.8, 4) is 0 Å². The lowest BCUT2D eigenvalue weighted by atomic mass is 10.2. The van der Waals surface area contributed by atoms with Crippen LogP contribution in [0.4, 0.5) is 18.3 Å². The van der Waals surface area contributed by atoms with Gasteiger partial charge >= 0.3 is 6.18 Å². The van der Waals surface area contributed by atoms with Gasteiger partial charge in [0.05, 0.1) is 0 Å². The molecular weight excluding hydrogens is 333 g/mol. The normalized spacial score (nSPS) is 16.0. The predicted octanol–water partition coefficient (Wildman–Crippen LogP) is 2.42. The first-order valence-corrected chi connectivity index (χ1v) is 7.65. The molecule has 0 saturated carbocycles. The van der Waals surface area contributed by atoms with Gasteiger partial charge in [0.2, 0.25) is 5.76 Å². The van der Waals surface area contributed by atoms with E-state index in [4.69, 9.17) is 0 Å². The lowest BCUT2D eigenvalue weighted by molar-refractivity contribution is -0.153. The highest BCUT2D eigenvalue weighted by molar-refractivity contribution is 7.15. The van der Waals surface area contributed by atoms with Crippen molar-refractivity contribution < 1.29 is 22.4 Å². The third-order valence-electron chi connectivity index (χ3n) is 3.47. The van der Waals surface area contributed by atoms with Crippen molar-refractivity contribution in [2.24, 2.45) is 0 Å². The van der Waals surface area contributed by atoms with E-state index in [-0.39, 0.29) is 0 Å². The standard InChI is InChI=1S/C13H13F3N4O2S/c1-8-6-17-12(23-8)20-4-2-19(3-5-20)11(21)9-10(13(14,15)16)22-7-18-9/h6-7H,2-5H2,1H3. The van der Waals surface area contributed by atoms with E-state index >= 15 is 0 Å². The number of aromatic nitrogens is 2. The third kappa shape index (κ3) is 3.16. The van der Waals surface area contributed by atoms with Crippen LogP contribution in [0, 0.1) is 6.92 Å². The summed E-state index contributed by atoms with van der Waals surface area (Å²) in [4.78, 5) is 24.4. The summed E-state index contributed by atoms with van der Waals surface area (Å²) in [5.74, 6) is -2.11. The van der Waals surface area contributed by atoms with Crippen LogP contribution < -0.4 is 4.90 Å². The van der Waals surface area contributed by atoms with Crippen molar-refractivity contribution in [1.29, 1.82) is 0 Å². The second kappa shape index (κ2) is 5.84. The number of rotatable bonds is 2. The number of thiazole rings is 1. The van der Waals surface area contributed by atoms with E-state index in [1.807, 2.05) is 11.8 Å². The molecule has 0 aliphatic carbocycles. The number of amides is 1. The van der Waals surface area contributed by atoms with Crippen LogP contribution in [0.15, 0.2) is 17.0 Å². The van der Waals surface area contributed by atoms with Gasteiger partial charge in [-0.3, -0.25) is 4.79 Å². The Balaban J connectivity index is 1.68. The first-order chi connectivity index (χ1) is 10.9. The number of nitrogens with zero attached hydrogens (tertiary/aromatic N) is 4. The Kier molecular flexibility index (Phi) is 4.00. The van der Waals surface area contributed by atoms with Gasteiger partial charge in [0.25, 0.3) is 5.91 Å². The number of anilines is 1. The van der Waals surface area contributed by atoms with Gasteiger partial charge in [0.1, 0.15) is 0 Å². The van der Waals surface area contributed by atoms with E-state index in [1.54, 1.807) is 17.5 Å². The number of alkyl halides is 3. The first-order valence-electron chi connectivity index (χ1n) is 6.83. The molecule has 2 aromatic rings. The minimum absolute atomic E-state index is 0.307. The molecule has 1 aliphatic heterocycles. The first kappa shape index (κ1) is 15.8. The van der Waals surface area contributed by atoms with Crippen molar-refractivity contribution in [2.75, 3.05) is 31.1 Å². The van der Waals surface area contributed by atoms with Crippen LogP contribution in [0.5, 0.6) is 0 Å². The molecule has 124 valence electrons. The van der Waals surface area contributed by atoms with Gasteiger partial charge < -0.3 is 14.2 Å². The predicted molar refractivity (Wildman–Crippen MR) is 76.5 cm³/mol. The van der Waals surface area contributed by atoms with Gasteiger partial charge in [-0.25, -0.2) is 9.97 Å². The molecule has 1 saturated heterocycles. The summed E-state index contributed by atoms with van der Waals surface area (Å²) in [6, 6.07) is 0. The van der Waals surface area contributed by atoms with E-state index in [0.717, 1.165) is 10.0 Å². The van der Waals surface area contributed by atoms with Gasteiger partial charge in [-0.2, -0.15) is 13.2 Å². The fraction of sp³-hybridized carbons (Fsp3) is 0.462. The van der Waals surface area contributed by atoms with Gasteiger partial charge in [-0.15, -0.1) is 11.3 Å². The molecule has 0 atom stereocenters. The van der Waals surface area contributed by atoms with E-state index in [2.05, 4.69) is 14.4 Å². The summed E-state index contributed by atoms with van der Waals surface area (Å²) < 4.78 is 42.7. The largest absolute Gasteiger partial charge is 0.452 e. The number of piperazine rings is 1. The number of hydrogen-bond donors (Lipinski definition) is 0. The maximum atomic E-state index is 12.8. The van der Waals surface area contributed by atoms with Crippen LogP contribution in [0.1, 0.15) is 21.1 Å². The van der Waals surface area contributed by atoms with Crippen LogP contribution in [0.25, 0.3) is 0 Å². The highest BCUT2D eigenvalue weighted by Gasteiger charge is 2.41. The molecule has 2 aromatic heterocycles. The zero-order valence-corrected chi connectivity index (χ0v) is 12.9. The van der Waals surface area contributed by atoms with Crippen LogP contribution in [0.2, 0.25) is 0 Å². The number of carbonyl (C=O) groups is 1. The minimum Gasteiger partial charge on any atom is -0.438 e. The topological polar surface area (TPSA) is 62.5 Å². The van der Waals surface area contributed by atoms with Crippen LogP contribution in [-0.2, 0) is 6.18 Å². The SMILES string of the molecule is Cc1cnc(N2CCN(C(=O)c3ncoc3C(F)(F)F)CC2)s1. The monoisotopic (exact) mass is 346 g/mol. The number of aryl methyl sites for hydroxylation is 1. The van der Waals surface area contributed by atoms with E-state index in [9.17, 15) is 18.0 Å². The average Bonchev–Trinajstić information content (AvgIpc) is 3.15. The molecule has 0 aromatic carbocycles. The fourth-order valence-corrected chi connectivity index (χ4v) is 3.15. The minimum atomic E-state index is -4.73. The van der Waals surface area contributed by atoms with Crippen molar-refractivity contribution in [1.82, 2.24) is 14.9 Å². The van der Waals surface area contributed by atoms with E-state index in [1.165, 1.54) is 4.90 Å². The smallest absolute Gasteiger partial charge is 0.438 e. The number of halogens is 3. The van der Waals surface area contributed by atoms with E-state index < -0.39 is 23.5 Å². The highest BCUT2D eigenvalue weighted by Crippen LogP contribution is 2.32. The fourth-order valence-electron chi connectivity index (χ4n) is 2.34. The molecule has 1 aliphatic rings. The number of hydrogen-bond acceptors (Lipinski definition) is 6. The van der Waals surface area contributed by atoms with Gasteiger partial charge in [0.15, 0.2) is 17.2 Å². The summed E-state index contributed by atoms with van der Waals surface area (Å²) in [5.41, 5.74) is -0.684. The molecule has 23 heavy (non-hydrogen) atoms. The highest BCUT2D eigenvalue weighted by atomic mass is 32.1. The molecule has 1 amide bonds. The summed E-state index contributed by atoms with van der Waals surface area (Å²) in [7, 11) is 0. The molecule has 0 bridgehead atoms. The second-order valence-corrected chi connectivity index (χ2v) is 6.27. The molecule has 10 heteroatoms. The number of oxazole rings is 1. The van der Waals surface area contributed by atoms with Crippen molar-refractivity contribution in [2.45, 2.75) is 13.1 Å². The summed E-state index contributed by atoms with van der Waals surface area (Å²) in [5, 5.41) is 0.854. The Labute approximate surface area is 133 Å². The third-order valence-corrected chi connectivity index (χ3v) is 4.45. The van der Waals surface area contributed by atoms with Crippen molar-refractivity contribution in [3.05, 3.63) is 28.9 Å². The lowest BCUT2D eigenvalue weighted by Crippen LogP contribution is -2.49.